The first-order valence-corrected chi connectivity index (χ1v) is 13.1. The van der Waals surface area contributed by atoms with Crippen LogP contribution in [0.5, 0.6) is 0 Å². The number of amides is 1. The van der Waals surface area contributed by atoms with E-state index in [1.807, 2.05) is 41.4 Å². The predicted octanol–water partition coefficient (Wildman–Crippen LogP) is 4.54. The van der Waals surface area contributed by atoms with Crippen molar-refractivity contribution >= 4 is 28.6 Å². The summed E-state index contributed by atoms with van der Waals surface area (Å²) in [5, 5.41) is 9.61. The molecule has 0 bridgehead atoms. The van der Waals surface area contributed by atoms with E-state index in [0.717, 1.165) is 24.0 Å². The molecule has 192 valence electrons. The van der Waals surface area contributed by atoms with Crippen molar-refractivity contribution in [1.29, 1.82) is 0 Å². The number of hydrogen-bond acceptors (Lipinski definition) is 7. The van der Waals surface area contributed by atoms with Gasteiger partial charge in [0.05, 0.1) is 37.3 Å². The summed E-state index contributed by atoms with van der Waals surface area (Å²) in [5.41, 5.74) is 9.10. The van der Waals surface area contributed by atoms with Crippen LogP contribution < -0.4 is 16.0 Å². The Bertz CT molecular complexity index is 1340. The van der Waals surface area contributed by atoms with Crippen LogP contribution in [0.3, 0.4) is 0 Å². The Kier molecular flexibility index (Phi) is 7.88. The summed E-state index contributed by atoms with van der Waals surface area (Å²) >= 11 is 1.36. The van der Waals surface area contributed by atoms with Gasteiger partial charge < -0.3 is 20.7 Å². The molecule has 8 nitrogen and oxygen atoms in total. The van der Waals surface area contributed by atoms with Crippen molar-refractivity contribution in [3.05, 3.63) is 83.4 Å². The molecular weight excluding hydrogens is 491 g/mol. The number of benzene rings is 2. The van der Waals surface area contributed by atoms with Crippen LogP contribution in [-0.2, 0) is 17.9 Å². The smallest absolute Gasteiger partial charge is 0.275 e. The molecule has 1 amide bonds. The highest BCUT2D eigenvalue weighted by molar-refractivity contribution is 7.13. The third-order valence-corrected chi connectivity index (χ3v) is 7.09. The minimum Gasteiger partial charge on any atom is -0.375 e. The maximum absolute atomic E-state index is 14.8. The quantitative estimate of drug-likeness (QED) is 0.315. The van der Waals surface area contributed by atoms with Crippen molar-refractivity contribution in [2.45, 2.75) is 32.0 Å². The van der Waals surface area contributed by atoms with Gasteiger partial charge in [-0.1, -0.05) is 36.4 Å². The molecule has 3 heterocycles. The average molecular weight is 521 g/mol. The first kappa shape index (κ1) is 25.1. The van der Waals surface area contributed by atoms with Gasteiger partial charge in [0, 0.05) is 36.3 Å². The number of nitrogens with two attached hydrogens (primary N) is 1. The lowest BCUT2D eigenvalue weighted by Crippen LogP contribution is -2.43. The Balaban J connectivity index is 1.20. The molecule has 2 aromatic heterocycles. The normalized spacial score (nSPS) is 15.6. The standard InChI is InChI=1S/C27H29FN6O2S/c28-22-9-4-10-23(25(22)33-11-5-8-21(29)16-33)31-26(35)24-18-37-27(32-24)20-14-30-34(15-20)12-13-36-17-19-6-2-1-3-7-19/h1-4,6-7,9-10,14-15,18,21H,5,8,11-13,16-17,29H2,(H,31,35). The molecule has 1 saturated heterocycles. The lowest BCUT2D eigenvalue weighted by Gasteiger charge is -2.34. The molecule has 10 heteroatoms. The predicted molar refractivity (Wildman–Crippen MR) is 143 cm³/mol. The highest BCUT2D eigenvalue weighted by atomic mass is 32.1. The number of nitrogens with zero attached hydrogens (tertiary/aromatic N) is 4. The number of piperidine rings is 1. The van der Waals surface area contributed by atoms with Crippen LogP contribution in [0.2, 0.25) is 0 Å². The highest BCUT2D eigenvalue weighted by Gasteiger charge is 2.23. The Morgan fingerprint density at radius 3 is 2.92 bits per heavy atom. The van der Waals surface area contributed by atoms with Crippen molar-refractivity contribution in [2.75, 3.05) is 29.9 Å². The van der Waals surface area contributed by atoms with Crippen LogP contribution in [0.4, 0.5) is 15.8 Å². The molecule has 0 radical (unpaired) electrons. The fourth-order valence-electron chi connectivity index (χ4n) is 4.37. The maximum atomic E-state index is 14.8. The van der Waals surface area contributed by atoms with Gasteiger partial charge >= 0.3 is 0 Å². The molecular formula is C27H29FN6O2S. The van der Waals surface area contributed by atoms with Gasteiger partial charge in [-0.15, -0.1) is 11.3 Å². The zero-order valence-electron chi connectivity index (χ0n) is 20.3. The SMILES string of the molecule is NC1CCCN(c2c(F)cccc2NC(=O)c2csc(-c3cnn(CCOCc4ccccc4)c3)n2)C1. The van der Waals surface area contributed by atoms with E-state index in [1.54, 1.807) is 28.4 Å². The molecule has 0 spiro atoms. The molecule has 3 N–H and O–H groups in total. The Hall–Kier alpha value is -3.60. The summed E-state index contributed by atoms with van der Waals surface area (Å²) < 4.78 is 22.3. The summed E-state index contributed by atoms with van der Waals surface area (Å²) in [4.78, 5) is 19.4. The second-order valence-corrected chi connectivity index (χ2v) is 9.86. The average Bonchev–Trinajstić information content (AvgIpc) is 3.58. The number of carbonyl (C=O) groups is 1. The second-order valence-electron chi connectivity index (χ2n) is 9.01. The number of rotatable bonds is 9. The summed E-state index contributed by atoms with van der Waals surface area (Å²) in [6, 6.07) is 14.7. The van der Waals surface area contributed by atoms with E-state index in [0.29, 0.717) is 49.2 Å². The zero-order chi connectivity index (χ0) is 25.6. The molecule has 4 aromatic rings. The third kappa shape index (κ3) is 6.22. The van der Waals surface area contributed by atoms with Crippen molar-refractivity contribution < 1.29 is 13.9 Å². The summed E-state index contributed by atoms with van der Waals surface area (Å²) in [5.74, 6) is -0.775. The van der Waals surface area contributed by atoms with E-state index in [9.17, 15) is 9.18 Å². The Morgan fingerprint density at radius 1 is 1.22 bits per heavy atom. The molecule has 0 aliphatic carbocycles. The van der Waals surface area contributed by atoms with E-state index >= 15 is 0 Å². The first-order valence-electron chi connectivity index (χ1n) is 12.3. The molecule has 1 aliphatic heterocycles. The van der Waals surface area contributed by atoms with Crippen LogP contribution in [-0.4, -0.2) is 46.4 Å². The van der Waals surface area contributed by atoms with Gasteiger partial charge in [0.15, 0.2) is 0 Å². The fourth-order valence-corrected chi connectivity index (χ4v) is 5.14. The number of para-hydroxylation sites is 1. The van der Waals surface area contributed by atoms with E-state index in [-0.39, 0.29) is 17.6 Å². The van der Waals surface area contributed by atoms with Crippen LogP contribution in [0, 0.1) is 5.82 Å². The van der Waals surface area contributed by atoms with Crippen molar-refractivity contribution in [2.24, 2.45) is 5.73 Å². The molecule has 37 heavy (non-hydrogen) atoms. The molecule has 0 saturated carbocycles. The summed E-state index contributed by atoms with van der Waals surface area (Å²) in [6.45, 7) is 2.93. The largest absolute Gasteiger partial charge is 0.375 e. The fraction of sp³-hybridized carbons (Fsp3) is 0.296. The van der Waals surface area contributed by atoms with Gasteiger partial charge in [0.25, 0.3) is 5.91 Å². The van der Waals surface area contributed by atoms with E-state index in [4.69, 9.17) is 10.5 Å². The molecule has 1 fully saturated rings. The van der Waals surface area contributed by atoms with Crippen LogP contribution in [0.15, 0.2) is 66.3 Å². The molecule has 2 aromatic carbocycles. The Morgan fingerprint density at radius 2 is 2.08 bits per heavy atom. The van der Waals surface area contributed by atoms with Crippen molar-refractivity contribution in [3.8, 4) is 10.6 Å². The van der Waals surface area contributed by atoms with Gasteiger partial charge in [-0.3, -0.25) is 9.48 Å². The number of thiazole rings is 1. The van der Waals surface area contributed by atoms with Crippen molar-refractivity contribution in [3.63, 3.8) is 0 Å². The molecule has 1 unspecified atom stereocenters. The second kappa shape index (κ2) is 11.6. The van der Waals surface area contributed by atoms with Gasteiger partial charge in [-0.05, 0) is 30.5 Å². The summed E-state index contributed by atoms with van der Waals surface area (Å²) in [6.07, 6.45) is 5.40. The van der Waals surface area contributed by atoms with Crippen molar-refractivity contribution in [1.82, 2.24) is 14.8 Å². The van der Waals surface area contributed by atoms with Crippen LogP contribution in [0.1, 0.15) is 28.9 Å². The third-order valence-electron chi connectivity index (χ3n) is 6.20. The van der Waals surface area contributed by atoms with Crippen LogP contribution in [0.25, 0.3) is 10.6 Å². The van der Waals surface area contributed by atoms with Gasteiger partial charge in [-0.2, -0.15) is 5.10 Å². The van der Waals surface area contributed by atoms with Crippen LogP contribution >= 0.6 is 11.3 Å². The first-order chi connectivity index (χ1) is 18.1. The van der Waals surface area contributed by atoms with Gasteiger partial charge in [0.1, 0.15) is 16.5 Å². The topological polar surface area (TPSA) is 98.3 Å². The lowest BCUT2D eigenvalue weighted by molar-refractivity contribution is 0.102. The monoisotopic (exact) mass is 520 g/mol. The van der Waals surface area contributed by atoms with E-state index in [1.165, 1.54) is 17.4 Å². The van der Waals surface area contributed by atoms with E-state index in [2.05, 4.69) is 15.4 Å². The number of halogens is 1. The number of carbonyl (C=O) groups excluding carboxylic acids is 1. The number of ether oxygens (including phenoxy) is 1. The summed E-state index contributed by atoms with van der Waals surface area (Å²) in [7, 11) is 0. The minimum atomic E-state index is -0.391. The highest BCUT2D eigenvalue weighted by Crippen LogP contribution is 2.32. The molecule has 5 rings (SSSR count). The van der Waals surface area contributed by atoms with Gasteiger partial charge in [0.2, 0.25) is 0 Å². The van der Waals surface area contributed by atoms with Gasteiger partial charge in [-0.25, -0.2) is 9.37 Å². The zero-order valence-corrected chi connectivity index (χ0v) is 21.2. The maximum Gasteiger partial charge on any atom is 0.275 e. The number of aromatic nitrogens is 3. The molecule has 1 aliphatic rings. The number of nitrogens with one attached hydrogen (secondary N) is 1. The number of anilines is 2. The van der Waals surface area contributed by atoms with E-state index < -0.39 is 5.91 Å². The minimum absolute atomic E-state index is 0.0191. The lowest BCUT2D eigenvalue weighted by atomic mass is 10.1. The molecule has 1 atom stereocenters. The number of hydrogen-bond donors (Lipinski definition) is 2. The Labute approximate surface area is 218 Å².